The maximum Gasteiger partial charge on any atom is 0.313 e. The number of aldehydes is 1. The zero-order valence-electron chi connectivity index (χ0n) is 9.03. The van der Waals surface area contributed by atoms with Gasteiger partial charge < -0.3 is 4.74 Å². The first-order valence-corrected chi connectivity index (χ1v) is 6.06. The minimum Gasteiger partial charge on any atom is -0.469 e. The molecule has 0 aliphatic heterocycles. The number of fused-ring (bicyclic) bond motifs is 1. The zero-order chi connectivity index (χ0) is 12.6. The van der Waals surface area contributed by atoms with Crippen LogP contribution in [0.5, 0.6) is 0 Å². The maximum atomic E-state index is 11.7. The van der Waals surface area contributed by atoms with Gasteiger partial charge in [-0.2, -0.15) is 0 Å². The van der Waals surface area contributed by atoms with Crippen molar-refractivity contribution in [1.29, 1.82) is 0 Å². The van der Waals surface area contributed by atoms with Gasteiger partial charge in [0.25, 0.3) is 0 Å². The van der Waals surface area contributed by atoms with Gasteiger partial charge in [-0.25, -0.2) is 0 Å². The van der Waals surface area contributed by atoms with Crippen LogP contribution in [0, 0.1) is 3.57 Å². The first-order chi connectivity index (χ1) is 8.08. The lowest BCUT2D eigenvalue weighted by Crippen LogP contribution is -2.11. The quantitative estimate of drug-likeness (QED) is 0.467. The van der Waals surface area contributed by atoms with Gasteiger partial charge in [-0.3, -0.25) is 14.4 Å². The highest BCUT2D eigenvalue weighted by molar-refractivity contribution is 14.1. The molecule has 1 atom stereocenters. The molecule has 0 aromatic heterocycles. The van der Waals surface area contributed by atoms with Crippen LogP contribution >= 0.6 is 22.6 Å². The van der Waals surface area contributed by atoms with Crippen molar-refractivity contribution < 1.29 is 19.1 Å². The molecule has 0 N–H and O–H groups in total. The number of hydrogen-bond donors (Lipinski definition) is 0. The van der Waals surface area contributed by atoms with Gasteiger partial charge in [-0.05, 0) is 40.3 Å². The number of carbonyl (C=O) groups is 3. The third-order valence-electron chi connectivity index (χ3n) is 2.85. The summed E-state index contributed by atoms with van der Waals surface area (Å²) in [7, 11) is 1.30. The summed E-state index contributed by atoms with van der Waals surface area (Å²) in [6.45, 7) is 0. The van der Waals surface area contributed by atoms with E-state index in [4.69, 9.17) is 0 Å². The zero-order valence-corrected chi connectivity index (χ0v) is 11.2. The van der Waals surface area contributed by atoms with Crippen molar-refractivity contribution in [2.24, 2.45) is 0 Å². The summed E-state index contributed by atoms with van der Waals surface area (Å²) in [4.78, 5) is 34.1. The van der Waals surface area contributed by atoms with E-state index in [1.54, 1.807) is 12.1 Å². The summed E-state index contributed by atoms with van der Waals surface area (Å²) in [6.07, 6.45) is 0.835. The maximum absolute atomic E-state index is 11.7. The van der Waals surface area contributed by atoms with Crippen molar-refractivity contribution in [3.8, 4) is 0 Å². The summed E-state index contributed by atoms with van der Waals surface area (Å²) in [6, 6.07) is 3.27. The van der Waals surface area contributed by atoms with Crippen molar-refractivity contribution in [3.63, 3.8) is 0 Å². The van der Waals surface area contributed by atoms with E-state index >= 15 is 0 Å². The molecule has 0 bridgehead atoms. The Bertz CT molecular complexity index is 521. The lowest BCUT2D eigenvalue weighted by molar-refractivity contribution is -0.142. The van der Waals surface area contributed by atoms with Crippen molar-refractivity contribution in [2.75, 3.05) is 7.11 Å². The smallest absolute Gasteiger partial charge is 0.313 e. The monoisotopic (exact) mass is 344 g/mol. The van der Waals surface area contributed by atoms with E-state index in [2.05, 4.69) is 4.74 Å². The Morgan fingerprint density at radius 2 is 2.24 bits per heavy atom. The fourth-order valence-corrected chi connectivity index (χ4v) is 2.60. The summed E-state index contributed by atoms with van der Waals surface area (Å²) in [5.41, 5.74) is 1.60. The van der Waals surface area contributed by atoms with E-state index in [1.807, 2.05) is 22.6 Å². The van der Waals surface area contributed by atoms with Crippen LogP contribution in [0.2, 0.25) is 0 Å². The van der Waals surface area contributed by atoms with Gasteiger partial charge in [-0.1, -0.05) is 0 Å². The predicted molar refractivity (Wildman–Crippen MR) is 68.3 cm³/mol. The topological polar surface area (TPSA) is 60.4 Å². The molecule has 0 saturated carbocycles. The number of rotatable bonds is 2. The largest absolute Gasteiger partial charge is 0.469 e. The van der Waals surface area contributed by atoms with Gasteiger partial charge in [0.05, 0.1) is 13.0 Å². The molecule has 88 valence electrons. The molecule has 0 saturated heterocycles. The number of benzene rings is 1. The molecule has 0 radical (unpaired) electrons. The first-order valence-electron chi connectivity index (χ1n) is 4.98. The lowest BCUT2D eigenvalue weighted by atomic mass is 10.0. The SMILES string of the molecule is COC(=O)C1CC(=O)c2cc(C=O)c(I)cc21. The molecule has 0 fully saturated rings. The van der Waals surface area contributed by atoms with Crippen LogP contribution < -0.4 is 0 Å². The van der Waals surface area contributed by atoms with Crippen LogP contribution in [0.4, 0.5) is 0 Å². The Morgan fingerprint density at radius 1 is 1.53 bits per heavy atom. The fraction of sp³-hybridized carbons (Fsp3) is 0.250. The minimum absolute atomic E-state index is 0.116. The molecule has 17 heavy (non-hydrogen) atoms. The van der Waals surface area contributed by atoms with Crippen LogP contribution in [0.1, 0.15) is 38.6 Å². The molecule has 4 nitrogen and oxygen atoms in total. The number of methoxy groups -OCH3 is 1. The average Bonchev–Trinajstić information content (AvgIpc) is 2.64. The number of ketones is 1. The van der Waals surface area contributed by atoms with Gasteiger partial charge in [0.15, 0.2) is 12.1 Å². The summed E-state index contributed by atoms with van der Waals surface area (Å²) in [5.74, 6) is -1.06. The lowest BCUT2D eigenvalue weighted by Gasteiger charge is -2.08. The van der Waals surface area contributed by atoms with Crippen molar-refractivity contribution in [1.82, 2.24) is 0 Å². The standard InChI is InChI=1S/C12H9IO4/c1-17-12(16)9-4-11(15)8-2-6(5-14)10(13)3-7(8)9/h2-3,5,9H,4H2,1H3. The average molecular weight is 344 g/mol. The number of Topliss-reactive ketones (excluding diaryl/α,β-unsaturated/α-hetero) is 1. The Balaban J connectivity index is 2.55. The second-order valence-electron chi connectivity index (χ2n) is 3.78. The van der Waals surface area contributed by atoms with E-state index < -0.39 is 11.9 Å². The van der Waals surface area contributed by atoms with Crippen LogP contribution in [-0.2, 0) is 9.53 Å². The summed E-state index contributed by atoms with van der Waals surface area (Å²) < 4.78 is 5.41. The van der Waals surface area contributed by atoms with Crippen molar-refractivity contribution in [2.45, 2.75) is 12.3 Å². The Hall–Kier alpha value is -1.24. The van der Waals surface area contributed by atoms with E-state index in [1.165, 1.54) is 7.11 Å². The van der Waals surface area contributed by atoms with E-state index in [-0.39, 0.29) is 12.2 Å². The van der Waals surface area contributed by atoms with E-state index in [0.29, 0.717) is 23.0 Å². The van der Waals surface area contributed by atoms with Gasteiger partial charge in [-0.15, -0.1) is 0 Å². The molecule has 0 amide bonds. The molecule has 1 aliphatic rings. The molecular weight excluding hydrogens is 335 g/mol. The number of hydrogen-bond acceptors (Lipinski definition) is 4. The fourth-order valence-electron chi connectivity index (χ4n) is 1.98. The summed E-state index contributed by atoms with van der Waals surface area (Å²) in [5, 5.41) is 0. The van der Waals surface area contributed by atoms with Gasteiger partial charge in [0.2, 0.25) is 0 Å². The predicted octanol–water partition coefficient (Wildman–Crippen LogP) is 1.95. The van der Waals surface area contributed by atoms with Crippen molar-refractivity contribution >= 4 is 40.6 Å². The normalized spacial score (nSPS) is 17.8. The van der Waals surface area contributed by atoms with Crippen LogP contribution in [0.15, 0.2) is 12.1 Å². The number of carbonyl (C=O) groups excluding carboxylic acids is 3. The molecule has 5 heteroatoms. The number of halogens is 1. The molecule has 0 heterocycles. The second kappa shape index (κ2) is 4.56. The van der Waals surface area contributed by atoms with Gasteiger partial charge >= 0.3 is 5.97 Å². The van der Waals surface area contributed by atoms with E-state index in [9.17, 15) is 14.4 Å². The van der Waals surface area contributed by atoms with Crippen LogP contribution in [0.25, 0.3) is 0 Å². The Morgan fingerprint density at radius 3 is 2.82 bits per heavy atom. The number of esters is 1. The van der Waals surface area contributed by atoms with Crippen LogP contribution in [0.3, 0.4) is 0 Å². The highest BCUT2D eigenvalue weighted by atomic mass is 127. The molecule has 2 rings (SSSR count). The highest BCUT2D eigenvalue weighted by Crippen LogP contribution is 2.35. The number of ether oxygens (including phenoxy) is 1. The summed E-state index contributed by atoms with van der Waals surface area (Å²) >= 11 is 2.01. The minimum atomic E-state index is -0.531. The molecular formula is C12H9IO4. The van der Waals surface area contributed by atoms with Gasteiger partial charge in [0, 0.05) is 21.1 Å². The molecule has 1 aromatic carbocycles. The Labute approximate surface area is 111 Å². The molecule has 0 spiro atoms. The third-order valence-corrected chi connectivity index (χ3v) is 3.78. The third kappa shape index (κ3) is 1.99. The van der Waals surface area contributed by atoms with Crippen molar-refractivity contribution in [3.05, 3.63) is 32.4 Å². The van der Waals surface area contributed by atoms with Gasteiger partial charge in [0.1, 0.15) is 0 Å². The molecule has 1 unspecified atom stereocenters. The molecule has 1 aliphatic carbocycles. The molecule has 1 aromatic rings. The van der Waals surface area contributed by atoms with Crippen LogP contribution in [-0.4, -0.2) is 25.1 Å². The Kier molecular flexibility index (Phi) is 3.28. The van der Waals surface area contributed by atoms with E-state index in [0.717, 1.165) is 3.57 Å². The second-order valence-corrected chi connectivity index (χ2v) is 4.94. The highest BCUT2D eigenvalue weighted by Gasteiger charge is 2.35. The first kappa shape index (κ1) is 12.2.